The zero-order chi connectivity index (χ0) is 27.6. The van der Waals surface area contributed by atoms with Gasteiger partial charge in [-0.25, -0.2) is 4.98 Å². The standard InChI is InChI=1S/C39H24N2S/c1-3-11-25(12-4-1)27-19-20-31-35(23-27)41(34-22-21-30-29-16-8-10-18-36(29)42-39(30)38(31)34)37-24-32(26-13-5-2-6-14-26)28-15-7-9-17-33(28)40-37/h1-24H. The van der Waals surface area contributed by atoms with E-state index in [1.165, 1.54) is 58.7 Å². The van der Waals surface area contributed by atoms with Crippen molar-refractivity contribution < 1.29 is 0 Å². The Bertz CT molecular complexity index is 2450. The Morgan fingerprint density at radius 1 is 0.476 bits per heavy atom. The van der Waals surface area contributed by atoms with Crippen LogP contribution in [-0.2, 0) is 0 Å². The van der Waals surface area contributed by atoms with Crippen molar-refractivity contribution in [2.24, 2.45) is 0 Å². The molecular weight excluding hydrogens is 529 g/mol. The first kappa shape index (κ1) is 23.5. The molecule has 3 heteroatoms. The molecule has 0 saturated heterocycles. The highest BCUT2D eigenvalue weighted by molar-refractivity contribution is 7.26. The van der Waals surface area contributed by atoms with E-state index in [1.807, 2.05) is 11.3 Å². The molecule has 3 heterocycles. The van der Waals surface area contributed by atoms with Gasteiger partial charge in [-0.05, 0) is 52.6 Å². The number of hydrogen-bond acceptors (Lipinski definition) is 2. The van der Waals surface area contributed by atoms with Gasteiger partial charge in [-0.2, -0.15) is 0 Å². The van der Waals surface area contributed by atoms with Gasteiger partial charge < -0.3 is 0 Å². The van der Waals surface area contributed by atoms with E-state index in [9.17, 15) is 0 Å². The molecule has 0 amide bonds. The zero-order valence-corrected chi connectivity index (χ0v) is 23.5. The topological polar surface area (TPSA) is 17.8 Å². The summed E-state index contributed by atoms with van der Waals surface area (Å²) >= 11 is 1.88. The van der Waals surface area contributed by atoms with E-state index in [4.69, 9.17) is 4.98 Å². The van der Waals surface area contributed by atoms with Crippen molar-refractivity contribution >= 4 is 64.2 Å². The predicted octanol–water partition coefficient (Wildman–Crippen LogP) is 11.0. The molecule has 2 nitrogen and oxygen atoms in total. The molecule has 196 valence electrons. The summed E-state index contributed by atoms with van der Waals surface area (Å²) in [7, 11) is 0. The number of nitrogens with zero attached hydrogens (tertiary/aromatic N) is 2. The Hall–Kier alpha value is -5.25. The molecule has 3 aromatic heterocycles. The molecule has 0 bridgehead atoms. The van der Waals surface area contributed by atoms with E-state index in [0.29, 0.717) is 0 Å². The lowest BCUT2D eigenvalue weighted by Crippen LogP contribution is -1.99. The molecule has 0 aliphatic carbocycles. The summed E-state index contributed by atoms with van der Waals surface area (Å²) in [6, 6.07) is 52.3. The molecule has 9 aromatic rings. The first-order valence-corrected chi connectivity index (χ1v) is 15.0. The van der Waals surface area contributed by atoms with Gasteiger partial charge in [0, 0.05) is 36.3 Å². The summed E-state index contributed by atoms with van der Waals surface area (Å²) in [5.41, 5.74) is 8.12. The summed E-state index contributed by atoms with van der Waals surface area (Å²) in [5, 5.41) is 6.32. The van der Waals surface area contributed by atoms with Crippen LogP contribution in [0.2, 0.25) is 0 Å². The number of pyridine rings is 1. The SMILES string of the molecule is c1ccc(-c2ccc3c4c5sc6ccccc6c5ccc4n(-c4cc(-c5ccccc5)c5ccccc5n4)c3c2)cc1. The lowest BCUT2D eigenvalue weighted by Gasteiger charge is -2.13. The molecule has 0 saturated carbocycles. The Morgan fingerprint density at radius 2 is 1.17 bits per heavy atom. The monoisotopic (exact) mass is 552 g/mol. The van der Waals surface area contributed by atoms with Gasteiger partial charge in [0.2, 0.25) is 0 Å². The first-order valence-electron chi connectivity index (χ1n) is 14.2. The summed E-state index contributed by atoms with van der Waals surface area (Å²) in [6.07, 6.45) is 0. The Kier molecular flexibility index (Phi) is 5.10. The molecule has 0 radical (unpaired) electrons. The highest BCUT2D eigenvalue weighted by Crippen LogP contribution is 2.44. The second-order valence-corrected chi connectivity index (χ2v) is 11.8. The predicted molar refractivity (Wildman–Crippen MR) is 180 cm³/mol. The van der Waals surface area contributed by atoms with E-state index in [2.05, 4.69) is 150 Å². The van der Waals surface area contributed by atoms with Gasteiger partial charge in [-0.15, -0.1) is 11.3 Å². The minimum atomic E-state index is 0.929. The van der Waals surface area contributed by atoms with Crippen LogP contribution >= 0.6 is 11.3 Å². The van der Waals surface area contributed by atoms with Crippen LogP contribution in [0.25, 0.3) is 81.0 Å². The van der Waals surface area contributed by atoms with E-state index >= 15 is 0 Å². The van der Waals surface area contributed by atoms with Crippen LogP contribution in [-0.4, -0.2) is 9.55 Å². The number of fused-ring (bicyclic) bond motifs is 8. The molecule has 0 spiro atoms. The minimum Gasteiger partial charge on any atom is -0.294 e. The second kappa shape index (κ2) is 9.13. The summed E-state index contributed by atoms with van der Waals surface area (Å²) in [5.74, 6) is 0.929. The molecule has 6 aromatic carbocycles. The number of aromatic nitrogens is 2. The number of para-hydroxylation sites is 1. The van der Waals surface area contributed by atoms with Gasteiger partial charge in [0.25, 0.3) is 0 Å². The average Bonchev–Trinajstić information content (AvgIpc) is 3.60. The molecule has 0 unspecified atom stereocenters. The molecule has 0 aliphatic rings. The van der Waals surface area contributed by atoms with Crippen molar-refractivity contribution in [3.63, 3.8) is 0 Å². The van der Waals surface area contributed by atoms with Gasteiger partial charge in [0.1, 0.15) is 5.82 Å². The summed E-state index contributed by atoms with van der Waals surface area (Å²) in [4.78, 5) is 5.30. The van der Waals surface area contributed by atoms with Crippen molar-refractivity contribution in [3.05, 3.63) is 146 Å². The van der Waals surface area contributed by atoms with E-state index in [0.717, 1.165) is 22.2 Å². The van der Waals surface area contributed by atoms with E-state index in [-0.39, 0.29) is 0 Å². The van der Waals surface area contributed by atoms with Crippen LogP contribution in [0.3, 0.4) is 0 Å². The Balaban J connectivity index is 1.44. The van der Waals surface area contributed by atoms with Crippen LogP contribution < -0.4 is 0 Å². The van der Waals surface area contributed by atoms with E-state index < -0.39 is 0 Å². The molecule has 0 atom stereocenters. The van der Waals surface area contributed by atoms with Crippen LogP contribution in [0.4, 0.5) is 0 Å². The maximum Gasteiger partial charge on any atom is 0.138 e. The first-order chi connectivity index (χ1) is 20.8. The quantitative estimate of drug-likeness (QED) is 0.213. The van der Waals surface area contributed by atoms with Gasteiger partial charge in [-0.1, -0.05) is 115 Å². The molecule has 9 rings (SSSR count). The van der Waals surface area contributed by atoms with Crippen molar-refractivity contribution in [2.45, 2.75) is 0 Å². The smallest absolute Gasteiger partial charge is 0.138 e. The van der Waals surface area contributed by atoms with Crippen molar-refractivity contribution in [1.82, 2.24) is 9.55 Å². The average molecular weight is 553 g/mol. The third-order valence-electron chi connectivity index (χ3n) is 8.40. The minimum absolute atomic E-state index is 0.929. The molecular formula is C39H24N2S. The van der Waals surface area contributed by atoms with Crippen molar-refractivity contribution in [2.75, 3.05) is 0 Å². The fraction of sp³-hybridized carbons (Fsp3) is 0. The molecule has 0 aliphatic heterocycles. The lowest BCUT2D eigenvalue weighted by molar-refractivity contribution is 1.10. The number of thiophene rings is 1. The lowest BCUT2D eigenvalue weighted by atomic mass is 10.0. The molecule has 42 heavy (non-hydrogen) atoms. The van der Waals surface area contributed by atoms with Gasteiger partial charge in [-0.3, -0.25) is 4.57 Å². The zero-order valence-electron chi connectivity index (χ0n) is 22.7. The normalized spacial score (nSPS) is 11.8. The number of hydrogen-bond donors (Lipinski definition) is 0. The van der Waals surface area contributed by atoms with Gasteiger partial charge in [0.05, 0.1) is 16.6 Å². The van der Waals surface area contributed by atoms with Crippen LogP contribution in [0.1, 0.15) is 0 Å². The third kappa shape index (κ3) is 3.47. The second-order valence-electron chi connectivity index (χ2n) is 10.8. The van der Waals surface area contributed by atoms with Crippen LogP contribution in [0.5, 0.6) is 0 Å². The van der Waals surface area contributed by atoms with Crippen LogP contribution in [0, 0.1) is 0 Å². The van der Waals surface area contributed by atoms with E-state index in [1.54, 1.807) is 0 Å². The summed E-state index contributed by atoms with van der Waals surface area (Å²) in [6.45, 7) is 0. The maximum atomic E-state index is 5.30. The maximum absolute atomic E-state index is 5.30. The van der Waals surface area contributed by atoms with Gasteiger partial charge >= 0.3 is 0 Å². The Morgan fingerprint density at radius 3 is 2.00 bits per heavy atom. The van der Waals surface area contributed by atoms with Crippen molar-refractivity contribution in [3.8, 4) is 28.1 Å². The highest BCUT2D eigenvalue weighted by Gasteiger charge is 2.20. The fourth-order valence-electron chi connectivity index (χ4n) is 6.47. The molecule has 0 N–H and O–H groups in total. The van der Waals surface area contributed by atoms with Crippen LogP contribution in [0.15, 0.2) is 146 Å². The number of rotatable bonds is 3. The summed E-state index contributed by atoms with van der Waals surface area (Å²) < 4.78 is 5.02. The van der Waals surface area contributed by atoms with Crippen molar-refractivity contribution in [1.29, 1.82) is 0 Å². The number of benzene rings is 6. The Labute approximate surface area is 246 Å². The largest absolute Gasteiger partial charge is 0.294 e. The third-order valence-corrected chi connectivity index (χ3v) is 9.60. The fourth-order valence-corrected chi connectivity index (χ4v) is 7.73. The van der Waals surface area contributed by atoms with Gasteiger partial charge in [0.15, 0.2) is 0 Å². The molecule has 0 fully saturated rings. The highest BCUT2D eigenvalue weighted by atomic mass is 32.1.